The van der Waals surface area contributed by atoms with Gasteiger partial charge >= 0.3 is 0 Å². The number of aliphatic imine (C=N–C) groups is 1. The number of rotatable bonds is 4. The molecule has 158 valence electrons. The zero-order valence-corrected chi connectivity index (χ0v) is 18.5. The smallest absolute Gasteiger partial charge is 0.251 e. The van der Waals surface area contributed by atoms with Gasteiger partial charge in [-0.2, -0.15) is 0 Å². The van der Waals surface area contributed by atoms with Crippen molar-refractivity contribution in [1.29, 1.82) is 0 Å². The summed E-state index contributed by atoms with van der Waals surface area (Å²) < 4.78 is 13.6. The molecule has 1 aliphatic rings. The van der Waals surface area contributed by atoms with Crippen LogP contribution in [0.4, 0.5) is 10.1 Å². The maximum absolute atomic E-state index is 13.6. The predicted octanol–water partition coefficient (Wildman–Crippen LogP) is 6.03. The highest BCUT2D eigenvalue weighted by Crippen LogP contribution is 2.31. The molecular weight excluding hydrogens is 411 g/mol. The molecule has 0 saturated heterocycles. The van der Waals surface area contributed by atoms with Gasteiger partial charge in [-0.3, -0.25) is 9.79 Å². The van der Waals surface area contributed by atoms with Gasteiger partial charge in [0.25, 0.3) is 5.91 Å². The van der Waals surface area contributed by atoms with Crippen molar-refractivity contribution < 1.29 is 9.18 Å². The molecule has 0 N–H and O–H groups in total. The van der Waals surface area contributed by atoms with E-state index in [0.717, 1.165) is 22.4 Å². The van der Waals surface area contributed by atoms with E-state index in [-0.39, 0.29) is 11.7 Å². The largest absolute Gasteiger partial charge is 0.313 e. The molecule has 0 saturated carbocycles. The molecule has 0 bridgehead atoms. The van der Waals surface area contributed by atoms with Gasteiger partial charge in [0.15, 0.2) is 0 Å². The van der Waals surface area contributed by atoms with Crippen LogP contribution in [0.2, 0.25) is 5.02 Å². The van der Waals surface area contributed by atoms with Crippen molar-refractivity contribution in [2.75, 3.05) is 11.9 Å². The van der Waals surface area contributed by atoms with E-state index in [1.54, 1.807) is 30.1 Å². The number of carbonyl (C=O) groups excluding carboxylic acids is 1. The van der Waals surface area contributed by atoms with Crippen molar-refractivity contribution in [3.63, 3.8) is 0 Å². The number of carbonyl (C=O) groups is 1. The molecule has 1 atom stereocenters. The Morgan fingerprint density at radius 2 is 1.77 bits per heavy atom. The van der Waals surface area contributed by atoms with E-state index in [9.17, 15) is 9.18 Å². The minimum absolute atomic E-state index is 0.0840. The monoisotopic (exact) mass is 434 g/mol. The number of nitrogens with zero attached hydrogens (tertiary/aromatic N) is 2. The highest BCUT2D eigenvalue weighted by Gasteiger charge is 2.31. The Hall–Kier alpha value is -2.98. The summed E-state index contributed by atoms with van der Waals surface area (Å²) in [6, 6.07) is 19.2. The van der Waals surface area contributed by atoms with Crippen molar-refractivity contribution in [2.24, 2.45) is 4.99 Å². The third-order valence-corrected chi connectivity index (χ3v) is 5.92. The Morgan fingerprint density at radius 1 is 1.06 bits per heavy atom. The Balaban J connectivity index is 1.87. The molecule has 3 aromatic carbocycles. The number of fused-ring (bicyclic) bond motifs is 1. The molecule has 0 spiro atoms. The lowest BCUT2D eigenvalue weighted by Gasteiger charge is -2.21. The fourth-order valence-electron chi connectivity index (χ4n) is 4.08. The van der Waals surface area contributed by atoms with Crippen LogP contribution in [-0.4, -0.2) is 24.7 Å². The number of anilines is 1. The summed E-state index contributed by atoms with van der Waals surface area (Å²) >= 11 is 6.30. The Morgan fingerprint density at radius 3 is 2.48 bits per heavy atom. The summed E-state index contributed by atoms with van der Waals surface area (Å²) in [5.74, 6) is -0.0644. The van der Waals surface area contributed by atoms with Crippen molar-refractivity contribution in [3.8, 4) is 0 Å². The minimum Gasteiger partial charge on any atom is -0.313 e. The lowest BCUT2D eigenvalue weighted by atomic mass is 9.93. The Bertz CT molecular complexity index is 1150. The predicted molar refractivity (Wildman–Crippen MR) is 125 cm³/mol. The molecule has 1 heterocycles. The third kappa shape index (κ3) is 4.26. The molecule has 5 heteroatoms. The minimum atomic E-state index is -0.601. The molecule has 0 radical (unpaired) electrons. The zero-order chi connectivity index (χ0) is 22.1. The van der Waals surface area contributed by atoms with Crippen LogP contribution in [0.3, 0.4) is 0 Å². The number of hydrogen-bond acceptors (Lipinski definition) is 2. The molecule has 3 nitrogen and oxygen atoms in total. The summed E-state index contributed by atoms with van der Waals surface area (Å²) in [5, 5.41) is 0.554. The van der Waals surface area contributed by atoms with E-state index in [1.165, 1.54) is 17.7 Å². The average molecular weight is 435 g/mol. The molecule has 31 heavy (non-hydrogen) atoms. The second-order valence-corrected chi connectivity index (χ2v) is 8.55. The first kappa shape index (κ1) is 21.3. The van der Waals surface area contributed by atoms with Crippen LogP contribution < -0.4 is 4.90 Å². The van der Waals surface area contributed by atoms with Crippen LogP contribution in [-0.2, 0) is 11.2 Å². The number of likely N-dealkylation sites (N-methyl/N-ethyl adjacent to an activating group) is 1. The van der Waals surface area contributed by atoms with Crippen LogP contribution in [0.1, 0.15) is 42.0 Å². The standard InChI is InChI=1S/C26H24ClFN2O/c1-16(2)21-7-5-4-6-18(21)14-23-26(31)30(3)24-13-10-19(27)15-22(24)25(29-23)17-8-11-20(28)12-9-17/h4-13,15-16,23H,14H2,1-3H3. The molecule has 1 aliphatic heterocycles. The van der Waals surface area contributed by atoms with Crippen LogP contribution in [0.15, 0.2) is 71.7 Å². The van der Waals surface area contributed by atoms with Gasteiger partial charge < -0.3 is 4.90 Å². The number of hydrogen-bond donors (Lipinski definition) is 0. The van der Waals surface area contributed by atoms with E-state index in [4.69, 9.17) is 16.6 Å². The van der Waals surface area contributed by atoms with Crippen molar-refractivity contribution in [1.82, 2.24) is 0 Å². The van der Waals surface area contributed by atoms with Gasteiger partial charge in [0.05, 0.1) is 11.4 Å². The number of amides is 1. The first-order chi connectivity index (χ1) is 14.8. The SMILES string of the molecule is CC(C)c1ccccc1CC1N=C(c2ccc(F)cc2)c2cc(Cl)ccc2N(C)C1=O. The van der Waals surface area contributed by atoms with Gasteiger partial charge in [-0.15, -0.1) is 0 Å². The van der Waals surface area contributed by atoms with E-state index < -0.39 is 6.04 Å². The summed E-state index contributed by atoms with van der Waals surface area (Å²) in [6.45, 7) is 4.29. The third-order valence-electron chi connectivity index (χ3n) is 5.68. The topological polar surface area (TPSA) is 32.7 Å². The van der Waals surface area contributed by atoms with Crippen LogP contribution in [0.5, 0.6) is 0 Å². The zero-order valence-electron chi connectivity index (χ0n) is 17.8. The summed E-state index contributed by atoms with van der Waals surface area (Å²) in [4.78, 5) is 20.0. The summed E-state index contributed by atoms with van der Waals surface area (Å²) in [7, 11) is 1.76. The van der Waals surface area contributed by atoms with E-state index in [0.29, 0.717) is 23.1 Å². The molecule has 1 amide bonds. The molecule has 4 rings (SSSR count). The molecule has 3 aromatic rings. The number of halogens is 2. The Kier molecular flexibility index (Phi) is 5.92. The summed E-state index contributed by atoms with van der Waals surface area (Å²) in [6.07, 6.45) is 0.490. The first-order valence-corrected chi connectivity index (χ1v) is 10.7. The Labute approximate surface area is 187 Å². The molecule has 0 aliphatic carbocycles. The highest BCUT2D eigenvalue weighted by atomic mass is 35.5. The van der Waals surface area contributed by atoms with E-state index in [2.05, 4.69) is 26.0 Å². The second kappa shape index (κ2) is 8.64. The van der Waals surface area contributed by atoms with Gasteiger partial charge in [0.1, 0.15) is 11.9 Å². The van der Waals surface area contributed by atoms with Gasteiger partial charge in [-0.1, -0.05) is 49.7 Å². The number of benzene rings is 3. The molecule has 0 fully saturated rings. The molecule has 0 aromatic heterocycles. The van der Waals surface area contributed by atoms with Crippen LogP contribution >= 0.6 is 11.6 Å². The maximum Gasteiger partial charge on any atom is 0.251 e. The van der Waals surface area contributed by atoms with Gasteiger partial charge in [0.2, 0.25) is 0 Å². The van der Waals surface area contributed by atoms with Crippen LogP contribution in [0.25, 0.3) is 0 Å². The highest BCUT2D eigenvalue weighted by molar-refractivity contribution is 6.32. The van der Waals surface area contributed by atoms with Crippen molar-refractivity contribution in [3.05, 3.63) is 99.8 Å². The lowest BCUT2D eigenvalue weighted by Crippen LogP contribution is -2.36. The average Bonchev–Trinajstić information content (AvgIpc) is 2.85. The van der Waals surface area contributed by atoms with Gasteiger partial charge in [-0.25, -0.2) is 4.39 Å². The first-order valence-electron chi connectivity index (χ1n) is 10.3. The lowest BCUT2D eigenvalue weighted by molar-refractivity contribution is -0.119. The van der Waals surface area contributed by atoms with Gasteiger partial charge in [0, 0.05) is 29.6 Å². The van der Waals surface area contributed by atoms with E-state index >= 15 is 0 Å². The summed E-state index contributed by atoms with van der Waals surface area (Å²) in [5.41, 5.74) is 5.20. The molecular formula is C26H24ClFN2O. The van der Waals surface area contributed by atoms with Crippen molar-refractivity contribution in [2.45, 2.75) is 32.2 Å². The fraction of sp³-hybridized carbons (Fsp3) is 0.231. The number of benzodiazepines with no additional fused rings is 1. The van der Waals surface area contributed by atoms with E-state index in [1.807, 2.05) is 24.3 Å². The van der Waals surface area contributed by atoms with Gasteiger partial charge in [-0.05, 0) is 59.5 Å². The normalized spacial score (nSPS) is 16.2. The second-order valence-electron chi connectivity index (χ2n) is 8.12. The quantitative estimate of drug-likeness (QED) is 0.493. The van der Waals surface area contributed by atoms with Crippen LogP contribution in [0, 0.1) is 5.82 Å². The van der Waals surface area contributed by atoms with Crippen molar-refractivity contribution >= 4 is 28.9 Å². The maximum atomic E-state index is 13.6. The molecule has 1 unspecified atom stereocenters. The fourth-order valence-corrected chi connectivity index (χ4v) is 4.25.